The highest BCUT2D eigenvalue weighted by Gasteiger charge is 2.30. The average molecular weight is 339 g/mol. The SMILES string of the molecule is Cc1ccccc1N1c2cc(S(N)(=O)=O)c(Cl)cc2NC1N. The maximum absolute atomic E-state index is 11.7. The zero-order valence-electron chi connectivity index (χ0n) is 11.7. The van der Waals surface area contributed by atoms with Gasteiger partial charge < -0.3 is 10.2 Å². The lowest BCUT2D eigenvalue weighted by Crippen LogP contribution is -2.40. The third-order valence-corrected chi connectivity index (χ3v) is 4.95. The summed E-state index contributed by atoms with van der Waals surface area (Å²) >= 11 is 6.01. The molecule has 1 unspecified atom stereocenters. The Labute approximate surface area is 133 Å². The number of sulfonamides is 1. The van der Waals surface area contributed by atoms with Gasteiger partial charge in [-0.2, -0.15) is 0 Å². The number of hydrogen-bond donors (Lipinski definition) is 3. The lowest BCUT2D eigenvalue weighted by molar-refractivity contribution is 0.598. The number of hydrogen-bond acceptors (Lipinski definition) is 5. The smallest absolute Gasteiger partial charge is 0.239 e. The molecule has 0 amide bonds. The van der Waals surface area contributed by atoms with Crippen molar-refractivity contribution in [1.82, 2.24) is 0 Å². The van der Waals surface area contributed by atoms with Crippen LogP contribution in [-0.4, -0.2) is 14.7 Å². The molecule has 5 N–H and O–H groups in total. The van der Waals surface area contributed by atoms with Crippen molar-refractivity contribution in [3.8, 4) is 0 Å². The molecule has 2 aromatic carbocycles. The van der Waals surface area contributed by atoms with Gasteiger partial charge in [-0.1, -0.05) is 29.8 Å². The Kier molecular flexibility index (Phi) is 3.53. The van der Waals surface area contributed by atoms with Crippen LogP contribution in [0.2, 0.25) is 5.02 Å². The van der Waals surface area contributed by atoms with Gasteiger partial charge >= 0.3 is 0 Å². The van der Waals surface area contributed by atoms with E-state index in [0.717, 1.165) is 11.3 Å². The van der Waals surface area contributed by atoms with E-state index in [1.807, 2.05) is 36.1 Å². The van der Waals surface area contributed by atoms with Gasteiger partial charge in [-0.05, 0) is 30.7 Å². The van der Waals surface area contributed by atoms with Crippen molar-refractivity contribution in [2.75, 3.05) is 10.2 Å². The maximum atomic E-state index is 11.7. The Bertz CT molecular complexity index is 854. The Hall–Kier alpha value is -1.80. The molecule has 6 nitrogen and oxygen atoms in total. The molecule has 1 aliphatic heterocycles. The van der Waals surface area contributed by atoms with Crippen LogP contribution in [0.15, 0.2) is 41.3 Å². The lowest BCUT2D eigenvalue weighted by Gasteiger charge is -2.25. The van der Waals surface area contributed by atoms with Crippen molar-refractivity contribution in [2.45, 2.75) is 18.1 Å². The van der Waals surface area contributed by atoms with Gasteiger partial charge in [-0.15, -0.1) is 0 Å². The van der Waals surface area contributed by atoms with Crippen LogP contribution < -0.4 is 21.1 Å². The molecule has 0 fully saturated rings. The van der Waals surface area contributed by atoms with Crippen LogP contribution in [0, 0.1) is 6.92 Å². The topological polar surface area (TPSA) is 101 Å². The van der Waals surface area contributed by atoms with Crippen molar-refractivity contribution in [1.29, 1.82) is 0 Å². The van der Waals surface area contributed by atoms with Gasteiger partial charge in [-0.25, -0.2) is 13.6 Å². The number of para-hydroxylation sites is 1. The monoisotopic (exact) mass is 338 g/mol. The average Bonchev–Trinajstić information content (AvgIpc) is 2.72. The van der Waals surface area contributed by atoms with Crippen molar-refractivity contribution in [3.63, 3.8) is 0 Å². The van der Waals surface area contributed by atoms with Crippen LogP contribution in [0.1, 0.15) is 5.56 Å². The minimum atomic E-state index is -3.92. The molecule has 1 atom stereocenters. The van der Waals surface area contributed by atoms with Crippen molar-refractivity contribution < 1.29 is 8.42 Å². The fourth-order valence-corrected chi connectivity index (χ4v) is 3.66. The molecule has 0 radical (unpaired) electrons. The number of nitrogens with one attached hydrogen (secondary N) is 1. The van der Waals surface area contributed by atoms with Gasteiger partial charge in [0.25, 0.3) is 0 Å². The molecule has 0 saturated heterocycles. The van der Waals surface area contributed by atoms with Crippen LogP contribution in [-0.2, 0) is 10.0 Å². The Balaban J connectivity index is 2.21. The zero-order chi connectivity index (χ0) is 16.1. The van der Waals surface area contributed by atoms with E-state index in [4.69, 9.17) is 22.5 Å². The number of halogens is 1. The predicted molar refractivity (Wildman–Crippen MR) is 87.7 cm³/mol. The number of rotatable bonds is 2. The first-order chi connectivity index (χ1) is 10.3. The number of primary sulfonamides is 1. The van der Waals surface area contributed by atoms with E-state index >= 15 is 0 Å². The minimum absolute atomic E-state index is 0.0626. The molecule has 1 aliphatic rings. The number of benzene rings is 2. The Morgan fingerprint density at radius 3 is 2.55 bits per heavy atom. The van der Waals surface area contributed by atoms with Gasteiger partial charge in [-0.3, -0.25) is 5.73 Å². The molecule has 116 valence electrons. The van der Waals surface area contributed by atoms with Crippen LogP contribution in [0.25, 0.3) is 0 Å². The van der Waals surface area contributed by atoms with Crippen molar-refractivity contribution in [3.05, 3.63) is 47.0 Å². The summed E-state index contributed by atoms with van der Waals surface area (Å²) in [5.74, 6) is 0. The maximum Gasteiger partial charge on any atom is 0.239 e. The summed E-state index contributed by atoms with van der Waals surface area (Å²) in [4.78, 5) is 1.69. The van der Waals surface area contributed by atoms with E-state index < -0.39 is 16.3 Å². The number of fused-ring (bicyclic) bond motifs is 1. The molecule has 8 heteroatoms. The summed E-state index contributed by atoms with van der Waals surface area (Å²) in [6.07, 6.45) is -0.525. The van der Waals surface area contributed by atoms with Crippen LogP contribution in [0.3, 0.4) is 0 Å². The van der Waals surface area contributed by atoms with Gasteiger partial charge in [0.1, 0.15) is 4.90 Å². The normalized spacial score (nSPS) is 17.3. The number of nitrogens with two attached hydrogens (primary N) is 2. The highest BCUT2D eigenvalue weighted by Crippen LogP contribution is 2.43. The van der Waals surface area contributed by atoms with Gasteiger partial charge in [0.2, 0.25) is 10.0 Å². The quantitative estimate of drug-likeness (QED) is 0.778. The van der Waals surface area contributed by atoms with Crippen LogP contribution in [0.4, 0.5) is 17.1 Å². The zero-order valence-corrected chi connectivity index (χ0v) is 13.3. The molecule has 22 heavy (non-hydrogen) atoms. The van der Waals surface area contributed by atoms with Gasteiger partial charge in [0, 0.05) is 5.69 Å². The van der Waals surface area contributed by atoms with Gasteiger partial charge in [0.05, 0.1) is 16.4 Å². The van der Waals surface area contributed by atoms with E-state index in [-0.39, 0.29) is 9.92 Å². The Morgan fingerprint density at radius 1 is 1.23 bits per heavy atom. The van der Waals surface area contributed by atoms with Crippen molar-refractivity contribution in [2.24, 2.45) is 10.9 Å². The summed E-state index contributed by atoms with van der Waals surface area (Å²) in [7, 11) is -3.92. The molecule has 2 aromatic rings. The molecule has 0 aliphatic carbocycles. The molecular formula is C14H15ClN4O2S. The molecule has 1 heterocycles. The van der Waals surface area contributed by atoms with E-state index in [0.29, 0.717) is 11.4 Å². The molecule has 0 bridgehead atoms. The third kappa shape index (κ3) is 2.42. The Morgan fingerprint density at radius 2 is 1.91 bits per heavy atom. The summed E-state index contributed by atoms with van der Waals surface area (Å²) in [5.41, 5.74) is 9.30. The molecular weight excluding hydrogens is 324 g/mol. The first kappa shape index (κ1) is 15.1. The van der Waals surface area contributed by atoms with E-state index in [1.54, 1.807) is 0 Å². The highest BCUT2D eigenvalue weighted by atomic mass is 35.5. The summed E-state index contributed by atoms with van der Waals surface area (Å²) in [6.45, 7) is 1.95. The van der Waals surface area contributed by atoms with E-state index in [2.05, 4.69) is 5.32 Å². The largest absolute Gasteiger partial charge is 0.351 e. The lowest BCUT2D eigenvalue weighted by atomic mass is 10.1. The number of aryl methyl sites for hydroxylation is 1. The van der Waals surface area contributed by atoms with E-state index in [1.165, 1.54) is 12.1 Å². The fraction of sp³-hybridized carbons (Fsp3) is 0.143. The molecule has 3 rings (SSSR count). The summed E-state index contributed by atoms with van der Waals surface area (Å²) in [5, 5.41) is 8.36. The second-order valence-electron chi connectivity index (χ2n) is 5.09. The third-order valence-electron chi connectivity index (χ3n) is 3.57. The standard InChI is InChI=1S/C14H15ClN4O2S/c1-8-4-2-3-5-11(8)19-12-7-13(22(17,20)21)9(15)6-10(12)18-14(19)16/h2-7,14,18H,16H2,1H3,(H2,17,20,21). The number of nitrogens with zero attached hydrogens (tertiary/aromatic N) is 1. The second kappa shape index (κ2) is 5.13. The van der Waals surface area contributed by atoms with Gasteiger partial charge in [0.15, 0.2) is 6.29 Å². The first-order valence-corrected chi connectivity index (χ1v) is 8.45. The minimum Gasteiger partial charge on any atom is -0.351 e. The predicted octanol–water partition coefficient (Wildman–Crippen LogP) is 2.10. The molecule has 0 aromatic heterocycles. The fourth-order valence-electron chi connectivity index (χ4n) is 2.56. The van der Waals surface area contributed by atoms with Crippen molar-refractivity contribution >= 4 is 38.7 Å². The highest BCUT2D eigenvalue weighted by molar-refractivity contribution is 7.89. The van der Waals surface area contributed by atoms with E-state index in [9.17, 15) is 8.42 Å². The molecule has 0 spiro atoms. The summed E-state index contributed by atoms with van der Waals surface area (Å²) in [6, 6.07) is 10.7. The number of anilines is 3. The van der Waals surface area contributed by atoms with Crippen LogP contribution >= 0.6 is 11.6 Å². The van der Waals surface area contributed by atoms with Crippen LogP contribution in [0.5, 0.6) is 0 Å². The second-order valence-corrected chi connectivity index (χ2v) is 7.03. The summed E-state index contributed by atoms with van der Waals surface area (Å²) < 4.78 is 23.3. The first-order valence-electron chi connectivity index (χ1n) is 6.52. The molecule has 0 saturated carbocycles.